The molecule has 1 aliphatic rings. The maximum atomic E-state index is 13.3. The highest BCUT2D eigenvalue weighted by Gasteiger charge is 2.23. The number of amides is 1. The van der Waals surface area contributed by atoms with Crippen LogP contribution in [0.5, 0.6) is 11.5 Å². The number of nitrogens with one attached hydrogen (secondary N) is 1. The third kappa shape index (κ3) is 5.27. The van der Waals surface area contributed by atoms with Crippen molar-refractivity contribution in [1.82, 2.24) is 24.8 Å². The zero-order chi connectivity index (χ0) is 27.5. The molecule has 1 amide bonds. The van der Waals surface area contributed by atoms with E-state index in [9.17, 15) is 4.79 Å². The van der Waals surface area contributed by atoms with Gasteiger partial charge in [-0.05, 0) is 12.6 Å². The number of hydrogen-bond donors (Lipinski definition) is 1. The molecule has 12 heteroatoms. The minimum atomic E-state index is -0.375. The first-order chi connectivity index (χ1) is 18.9. The SMILES string of the molecule is CCN1CCN(c2ncc(NC(=O)c3ccc(-c4c(Cl)c(OC)cc(OC)c4Cl)c4nccnc34)cn2)CC1. The molecule has 1 saturated heterocycles. The fraction of sp³-hybridized carbons (Fsp3) is 0.296. The van der Waals surface area contributed by atoms with Gasteiger partial charge in [0.25, 0.3) is 5.91 Å². The Kier molecular flexibility index (Phi) is 7.97. The van der Waals surface area contributed by atoms with Crippen LogP contribution in [0.2, 0.25) is 10.0 Å². The average Bonchev–Trinajstić information content (AvgIpc) is 2.98. The topological polar surface area (TPSA) is 106 Å². The lowest BCUT2D eigenvalue weighted by Crippen LogP contribution is -2.46. The molecule has 0 unspecified atom stereocenters. The Hall–Kier alpha value is -3.73. The van der Waals surface area contributed by atoms with E-state index in [-0.39, 0.29) is 5.91 Å². The monoisotopic (exact) mass is 567 g/mol. The van der Waals surface area contributed by atoms with Gasteiger partial charge in [-0.1, -0.05) is 36.2 Å². The van der Waals surface area contributed by atoms with Crippen molar-refractivity contribution in [1.29, 1.82) is 0 Å². The van der Waals surface area contributed by atoms with Crippen LogP contribution in [-0.2, 0) is 0 Å². The predicted molar refractivity (Wildman–Crippen MR) is 152 cm³/mol. The number of aromatic nitrogens is 4. The number of carbonyl (C=O) groups is 1. The highest BCUT2D eigenvalue weighted by molar-refractivity contribution is 6.41. The summed E-state index contributed by atoms with van der Waals surface area (Å²) >= 11 is 13.3. The normalized spacial score (nSPS) is 13.9. The number of halogens is 2. The van der Waals surface area contributed by atoms with E-state index < -0.39 is 0 Å². The largest absolute Gasteiger partial charge is 0.495 e. The highest BCUT2D eigenvalue weighted by Crippen LogP contribution is 2.47. The minimum Gasteiger partial charge on any atom is -0.495 e. The summed E-state index contributed by atoms with van der Waals surface area (Å²) in [7, 11) is 3.01. The molecule has 0 spiro atoms. The van der Waals surface area contributed by atoms with Crippen LogP contribution in [0.25, 0.3) is 22.2 Å². The number of fused-ring (bicyclic) bond motifs is 1. The Morgan fingerprint density at radius 3 is 2.13 bits per heavy atom. The van der Waals surface area contributed by atoms with Gasteiger partial charge in [0.2, 0.25) is 5.95 Å². The maximum absolute atomic E-state index is 13.3. The molecule has 39 heavy (non-hydrogen) atoms. The first-order valence-corrected chi connectivity index (χ1v) is 13.2. The van der Waals surface area contributed by atoms with Crippen molar-refractivity contribution < 1.29 is 14.3 Å². The van der Waals surface area contributed by atoms with E-state index >= 15 is 0 Å². The first-order valence-electron chi connectivity index (χ1n) is 12.4. The molecule has 3 heterocycles. The fourth-order valence-corrected chi connectivity index (χ4v) is 5.28. The van der Waals surface area contributed by atoms with E-state index in [1.807, 2.05) is 0 Å². The quantitative estimate of drug-likeness (QED) is 0.337. The summed E-state index contributed by atoms with van der Waals surface area (Å²) in [6.45, 7) is 6.87. The second-order valence-corrected chi connectivity index (χ2v) is 9.60. The predicted octanol–water partition coefficient (Wildman–Crippen LogP) is 4.81. The second-order valence-electron chi connectivity index (χ2n) is 8.85. The standard InChI is InChI=1S/C27H27Cl2N7O3/c1-4-35-9-11-36(12-10-35)27-32-14-16(15-33-27)34-26(37)18-6-5-17(24-25(18)31-8-7-30-24)21-22(28)19(38-2)13-20(39-3)23(21)29/h5-8,13-15H,4,9-12H2,1-3H3,(H,34,37). The highest BCUT2D eigenvalue weighted by atomic mass is 35.5. The van der Waals surface area contributed by atoms with Crippen molar-refractivity contribution in [2.24, 2.45) is 0 Å². The van der Waals surface area contributed by atoms with Gasteiger partial charge >= 0.3 is 0 Å². The Bertz CT molecular complexity index is 1480. The number of benzene rings is 2. The third-order valence-corrected chi connectivity index (χ3v) is 7.46. The maximum Gasteiger partial charge on any atom is 0.258 e. The van der Waals surface area contributed by atoms with Gasteiger partial charge in [-0.15, -0.1) is 0 Å². The van der Waals surface area contributed by atoms with Crippen molar-refractivity contribution in [2.45, 2.75) is 6.92 Å². The summed E-state index contributed by atoms with van der Waals surface area (Å²) in [5.41, 5.74) is 2.67. The van der Waals surface area contributed by atoms with Crippen molar-refractivity contribution >= 4 is 51.8 Å². The van der Waals surface area contributed by atoms with E-state index in [0.717, 1.165) is 32.7 Å². The molecule has 202 valence electrons. The van der Waals surface area contributed by atoms with Gasteiger partial charge in [-0.2, -0.15) is 0 Å². The molecule has 2 aromatic carbocycles. The van der Waals surface area contributed by atoms with E-state index in [2.05, 4.69) is 42.0 Å². The van der Waals surface area contributed by atoms with Crippen molar-refractivity contribution in [3.05, 3.63) is 58.6 Å². The van der Waals surface area contributed by atoms with Gasteiger partial charge < -0.3 is 24.6 Å². The molecule has 5 rings (SSSR count). The number of hydrogen-bond acceptors (Lipinski definition) is 9. The molecule has 10 nitrogen and oxygen atoms in total. The molecule has 0 aliphatic carbocycles. The summed E-state index contributed by atoms with van der Waals surface area (Å²) < 4.78 is 10.8. The van der Waals surface area contributed by atoms with Gasteiger partial charge in [0.1, 0.15) is 17.0 Å². The molecule has 0 radical (unpaired) electrons. The van der Waals surface area contributed by atoms with Crippen molar-refractivity contribution in [2.75, 3.05) is 57.2 Å². The number of carbonyl (C=O) groups excluding carboxylic acids is 1. The zero-order valence-corrected chi connectivity index (χ0v) is 23.3. The third-order valence-electron chi connectivity index (χ3n) is 6.71. The summed E-state index contributed by atoms with van der Waals surface area (Å²) in [5, 5.41) is 3.45. The number of nitrogens with zero attached hydrogens (tertiary/aromatic N) is 6. The van der Waals surface area contributed by atoms with E-state index in [0.29, 0.717) is 60.9 Å². The fourth-order valence-electron chi connectivity index (χ4n) is 4.58. The molecular weight excluding hydrogens is 541 g/mol. The summed E-state index contributed by atoms with van der Waals surface area (Å²) in [4.78, 5) is 35.7. The lowest BCUT2D eigenvalue weighted by Gasteiger charge is -2.33. The Labute approximate surface area is 235 Å². The van der Waals surface area contributed by atoms with Crippen LogP contribution in [-0.4, -0.2) is 77.7 Å². The molecule has 0 saturated carbocycles. The van der Waals surface area contributed by atoms with Gasteiger partial charge in [0.05, 0.1) is 53.4 Å². The van der Waals surface area contributed by atoms with E-state index in [1.54, 1.807) is 36.8 Å². The number of piperazine rings is 1. The van der Waals surface area contributed by atoms with E-state index in [4.69, 9.17) is 32.7 Å². The lowest BCUT2D eigenvalue weighted by atomic mass is 9.99. The van der Waals surface area contributed by atoms with Crippen LogP contribution >= 0.6 is 23.2 Å². The molecular formula is C27H27Cl2N7O3. The molecule has 0 bridgehead atoms. The minimum absolute atomic E-state index is 0.292. The lowest BCUT2D eigenvalue weighted by molar-refractivity contribution is 0.102. The number of rotatable bonds is 7. The Morgan fingerprint density at radius 2 is 1.54 bits per heavy atom. The van der Waals surface area contributed by atoms with Crippen molar-refractivity contribution in [3.63, 3.8) is 0 Å². The number of ether oxygens (including phenoxy) is 2. The van der Waals surface area contributed by atoms with Gasteiger partial charge in [-0.25, -0.2) is 9.97 Å². The average molecular weight is 568 g/mol. The van der Waals surface area contributed by atoms with Crippen LogP contribution in [0.15, 0.2) is 43.0 Å². The first kappa shape index (κ1) is 26.9. The summed E-state index contributed by atoms with van der Waals surface area (Å²) in [6, 6.07) is 5.00. The number of methoxy groups -OCH3 is 2. The Balaban J connectivity index is 1.44. The molecule has 1 N–H and O–H groups in total. The summed E-state index contributed by atoms with van der Waals surface area (Å²) in [6.07, 6.45) is 6.28. The zero-order valence-electron chi connectivity index (χ0n) is 21.7. The van der Waals surface area contributed by atoms with Crippen LogP contribution in [0.1, 0.15) is 17.3 Å². The van der Waals surface area contributed by atoms with Gasteiger partial charge in [0, 0.05) is 55.8 Å². The molecule has 0 atom stereocenters. The van der Waals surface area contributed by atoms with Crippen LogP contribution in [0, 0.1) is 0 Å². The summed E-state index contributed by atoms with van der Waals surface area (Å²) in [5.74, 6) is 1.05. The van der Waals surface area contributed by atoms with Gasteiger partial charge in [-0.3, -0.25) is 14.8 Å². The van der Waals surface area contributed by atoms with E-state index in [1.165, 1.54) is 20.4 Å². The molecule has 4 aromatic rings. The second kappa shape index (κ2) is 11.6. The number of likely N-dealkylation sites (N-methyl/N-ethyl adjacent to an activating group) is 1. The van der Waals surface area contributed by atoms with Crippen LogP contribution in [0.3, 0.4) is 0 Å². The molecule has 1 fully saturated rings. The van der Waals surface area contributed by atoms with Gasteiger partial charge in [0.15, 0.2) is 0 Å². The number of anilines is 2. The van der Waals surface area contributed by atoms with Crippen LogP contribution < -0.4 is 19.7 Å². The van der Waals surface area contributed by atoms with Crippen LogP contribution in [0.4, 0.5) is 11.6 Å². The molecule has 1 aliphatic heterocycles. The Morgan fingerprint density at radius 1 is 0.923 bits per heavy atom. The molecule has 2 aromatic heterocycles. The smallest absolute Gasteiger partial charge is 0.258 e. The van der Waals surface area contributed by atoms with Crippen molar-refractivity contribution in [3.8, 4) is 22.6 Å².